The van der Waals surface area contributed by atoms with Crippen LogP contribution in [0.15, 0.2) is 12.2 Å². The topological polar surface area (TPSA) is 58.9 Å². The molecule has 1 aliphatic rings. The van der Waals surface area contributed by atoms with Crippen molar-refractivity contribution in [3.63, 3.8) is 0 Å². The molecule has 0 unspecified atom stereocenters. The highest BCUT2D eigenvalue weighted by Gasteiger charge is 2.43. The third-order valence-electron chi connectivity index (χ3n) is 4.78. The number of hydrogen-bond acceptors (Lipinski definition) is 4. The lowest BCUT2D eigenvalue weighted by Crippen LogP contribution is -2.37. The van der Waals surface area contributed by atoms with E-state index in [1.54, 1.807) is 0 Å². The maximum atomic E-state index is 9.86. The van der Waals surface area contributed by atoms with Crippen molar-refractivity contribution in [3.8, 4) is 0 Å². The van der Waals surface area contributed by atoms with Gasteiger partial charge >= 0.3 is 0 Å². The summed E-state index contributed by atoms with van der Waals surface area (Å²) >= 11 is 0. The largest absolute Gasteiger partial charge is 0.394 e. The number of allylic oxidation sites excluding steroid dienone is 1. The Hall–Kier alpha value is -0.420. The molecule has 0 aromatic carbocycles. The van der Waals surface area contributed by atoms with E-state index in [1.807, 2.05) is 19.9 Å². The van der Waals surface area contributed by atoms with E-state index in [-0.39, 0.29) is 12.7 Å². The molecule has 0 radical (unpaired) electrons. The Morgan fingerprint density at radius 3 is 2.04 bits per heavy atom. The Kier molecular flexibility index (Phi) is 11.6. The Morgan fingerprint density at radius 1 is 0.920 bits per heavy atom. The van der Waals surface area contributed by atoms with Gasteiger partial charge in [-0.2, -0.15) is 0 Å². The average molecular weight is 357 g/mol. The molecule has 0 aliphatic carbocycles. The van der Waals surface area contributed by atoms with Gasteiger partial charge in [0.25, 0.3) is 0 Å². The van der Waals surface area contributed by atoms with E-state index >= 15 is 0 Å². The molecule has 1 aliphatic heterocycles. The molecule has 148 valence electrons. The van der Waals surface area contributed by atoms with E-state index in [0.717, 1.165) is 6.42 Å². The Balaban J connectivity index is 2.08. The smallest absolute Gasteiger partial charge is 0.164 e. The lowest BCUT2D eigenvalue weighted by atomic mass is 10.0. The predicted molar refractivity (Wildman–Crippen MR) is 103 cm³/mol. The third kappa shape index (κ3) is 9.74. The number of hydrogen-bond donors (Lipinski definition) is 2. The van der Waals surface area contributed by atoms with Gasteiger partial charge in [0.1, 0.15) is 18.3 Å². The van der Waals surface area contributed by atoms with E-state index in [9.17, 15) is 5.11 Å². The van der Waals surface area contributed by atoms with Crippen LogP contribution in [0.4, 0.5) is 0 Å². The highest BCUT2D eigenvalue weighted by atomic mass is 16.8. The van der Waals surface area contributed by atoms with Crippen LogP contribution in [0.25, 0.3) is 0 Å². The number of aliphatic hydroxyl groups is 2. The first-order valence-electron chi connectivity index (χ1n) is 10.3. The summed E-state index contributed by atoms with van der Waals surface area (Å²) < 4.78 is 11.5. The zero-order valence-electron chi connectivity index (χ0n) is 16.6. The fraction of sp³-hybridized carbons (Fsp3) is 0.905. The molecule has 0 spiro atoms. The molecule has 25 heavy (non-hydrogen) atoms. The Morgan fingerprint density at radius 2 is 1.48 bits per heavy atom. The van der Waals surface area contributed by atoms with Gasteiger partial charge in [-0.3, -0.25) is 0 Å². The Bertz CT molecular complexity index is 354. The molecule has 1 heterocycles. The number of rotatable bonds is 14. The number of ether oxygens (including phenoxy) is 2. The second-order valence-electron chi connectivity index (χ2n) is 7.71. The number of aliphatic hydroxyl groups excluding tert-OH is 2. The predicted octanol–water partition coefficient (Wildman–Crippen LogP) is 4.73. The lowest BCUT2D eigenvalue weighted by molar-refractivity contribution is -0.155. The number of unbranched alkanes of at least 4 members (excludes halogenated alkanes) is 10. The monoisotopic (exact) mass is 356 g/mol. The molecule has 0 aromatic heterocycles. The van der Waals surface area contributed by atoms with Crippen molar-refractivity contribution >= 4 is 0 Å². The summed E-state index contributed by atoms with van der Waals surface area (Å²) in [5.41, 5.74) is 0. The van der Waals surface area contributed by atoms with Gasteiger partial charge in [-0.1, -0.05) is 76.9 Å². The molecule has 1 saturated heterocycles. The average Bonchev–Trinajstić information content (AvgIpc) is 2.90. The molecule has 4 heteroatoms. The summed E-state index contributed by atoms with van der Waals surface area (Å²) in [4.78, 5) is 0. The first-order chi connectivity index (χ1) is 12.0. The van der Waals surface area contributed by atoms with Crippen molar-refractivity contribution in [2.75, 3.05) is 6.61 Å². The van der Waals surface area contributed by atoms with Gasteiger partial charge in [-0.15, -0.1) is 0 Å². The molecule has 0 saturated carbocycles. The summed E-state index contributed by atoms with van der Waals surface area (Å²) in [7, 11) is 0. The van der Waals surface area contributed by atoms with Crippen LogP contribution < -0.4 is 0 Å². The normalized spacial score (nSPS) is 24.2. The zero-order chi connectivity index (χ0) is 18.5. The maximum Gasteiger partial charge on any atom is 0.164 e. The van der Waals surface area contributed by atoms with E-state index in [1.165, 1.54) is 64.2 Å². The van der Waals surface area contributed by atoms with Gasteiger partial charge in [0.05, 0.1) is 6.61 Å². The quantitative estimate of drug-likeness (QED) is 0.349. The summed E-state index contributed by atoms with van der Waals surface area (Å²) in [5, 5.41) is 19.0. The van der Waals surface area contributed by atoms with Gasteiger partial charge in [0.2, 0.25) is 0 Å². The van der Waals surface area contributed by atoms with Crippen molar-refractivity contribution < 1.29 is 19.7 Å². The van der Waals surface area contributed by atoms with Crippen molar-refractivity contribution in [1.82, 2.24) is 0 Å². The fourth-order valence-electron chi connectivity index (χ4n) is 3.35. The molecule has 1 rings (SSSR count). The lowest BCUT2D eigenvalue weighted by Gasteiger charge is -2.19. The van der Waals surface area contributed by atoms with E-state index in [4.69, 9.17) is 14.6 Å². The zero-order valence-corrected chi connectivity index (χ0v) is 16.6. The van der Waals surface area contributed by atoms with Gasteiger partial charge in [-0.25, -0.2) is 0 Å². The molecular formula is C21H40O4. The SMILES string of the molecule is CCCCCCCCCCCCC=C[C@H]1OC(C)(C)O[C@H]1[C@@H](O)CO. The van der Waals surface area contributed by atoms with Gasteiger partial charge in [-0.05, 0) is 26.7 Å². The van der Waals surface area contributed by atoms with Crippen molar-refractivity contribution in [3.05, 3.63) is 12.2 Å². The molecular weight excluding hydrogens is 316 g/mol. The molecule has 0 bridgehead atoms. The van der Waals surface area contributed by atoms with Gasteiger partial charge in [0, 0.05) is 0 Å². The van der Waals surface area contributed by atoms with E-state index < -0.39 is 18.0 Å². The minimum Gasteiger partial charge on any atom is -0.394 e. The third-order valence-corrected chi connectivity index (χ3v) is 4.78. The van der Waals surface area contributed by atoms with Crippen LogP contribution in [0.1, 0.15) is 91.4 Å². The first kappa shape index (κ1) is 22.6. The Labute approximate surface area is 154 Å². The first-order valence-corrected chi connectivity index (χ1v) is 10.3. The van der Waals surface area contributed by atoms with Crippen molar-refractivity contribution in [2.45, 2.75) is 115 Å². The van der Waals surface area contributed by atoms with Crippen molar-refractivity contribution in [2.24, 2.45) is 0 Å². The van der Waals surface area contributed by atoms with Crippen LogP contribution in [-0.4, -0.2) is 40.9 Å². The van der Waals surface area contributed by atoms with Crippen LogP contribution in [0.5, 0.6) is 0 Å². The van der Waals surface area contributed by atoms with Crippen LogP contribution >= 0.6 is 0 Å². The van der Waals surface area contributed by atoms with E-state index in [2.05, 4.69) is 13.0 Å². The molecule has 0 aromatic rings. The second kappa shape index (κ2) is 12.9. The van der Waals surface area contributed by atoms with Crippen LogP contribution in [0.2, 0.25) is 0 Å². The minimum absolute atomic E-state index is 0.291. The highest BCUT2D eigenvalue weighted by Crippen LogP contribution is 2.30. The van der Waals surface area contributed by atoms with Gasteiger partial charge < -0.3 is 19.7 Å². The van der Waals surface area contributed by atoms with Crippen LogP contribution in [-0.2, 0) is 9.47 Å². The summed E-state index contributed by atoms with van der Waals surface area (Å²) in [5.74, 6) is -0.715. The van der Waals surface area contributed by atoms with Gasteiger partial charge in [0.15, 0.2) is 5.79 Å². The molecule has 4 nitrogen and oxygen atoms in total. The maximum absolute atomic E-state index is 9.86. The molecule has 0 amide bonds. The van der Waals surface area contributed by atoms with E-state index in [0.29, 0.717) is 0 Å². The molecule has 2 N–H and O–H groups in total. The van der Waals surface area contributed by atoms with Crippen molar-refractivity contribution in [1.29, 1.82) is 0 Å². The standard InChI is InChI=1S/C21H40O4/c1-4-5-6-7-8-9-10-11-12-13-14-15-16-19-20(18(23)17-22)25-21(2,3)24-19/h15-16,18-20,22-23H,4-14,17H2,1-3H3/t18-,19+,20-/m0/s1. The van der Waals surface area contributed by atoms with Crippen LogP contribution in [0, 0.1) is 0 Å². The second-order valence-corrected chi connectivity index (χ2v) is 7.71. The fourth-order valence-corrected chi connectivity index (χ4v) is 3.35. The summed E-state index contributed by atoms with van der Waals surface area (Å²) in [6.45, 7) is 5.61. The minimum atomic E-state index is -0.909. The van der Waals surface area contributed by atoms with Crippen LogP contribution in [0.3, 0.4) is 0 Å². The molecule has 3 atom stereocenters. The summed E-state index contributed by atoms with van der Waals surface area (Å²) in [6.07, 6.45) is 16.8. The summed E-state index contributed by atoms with van der Waals surface area (Å²) in [6, 6.07) is 0. The highest BCUT2D eigenvalue weighted by molar-refractivity contribution is 5.00. The molecule has 1 fully saturated rings.